The van der Waals surface area contributed by atoms with Gasteiger partial charge in [0.2, 0.25) is 5.91 Å². The second kappa shape index (κ2) is 4.97. The molecule has 0 spiro atoms. The van der Waals surface area contributed by atoms with E-state index in [4.69, 9.17) is 0 Å². The van der Waals surface area contributed by atoms with Crippen LogP contribution in [0.3, 0.4) is 0 Å². The minimum absolute atomic E-state index is 0.275. The Kier molecular flexibility index (Phi) is 4.14. The van der Waals surface area contributed by atoms with Crippen molar-refractivity contribution in [3.8, 4) is 0 Å². The number of carbonyl (C=O) groups excluding carboxylic acids is 1. The minimum Gasteiger partial charge on any atom is -0.339 e. The van der Waals surface area contributed by atoms with Crippen molar-refractivity contribution < 1.29 is 4.79 Å². The van der Waals surface area contributed by atoms with Gasteiger partial charge in [-0.25, -0.2) is 0 Å². The van der Waals surface area contributed by atoms with Crippen LogP contribution in [0.1, 0.15) is 47.0 Å². The van der Waals surface area contributed by atoms with E-state index in [2.05, 4.69) is 26.1 Å². The van der Waals surface area contributed by atoms with Gasteiger partial charge in [-0.05, 0) is 46.6 Å². The molecule has 1 heterocycles. The first-order valence-electron chi connectivity index (χ1n) is 6.07. The van der Waals surface area contributed by atoms with Gasteiger partial charge in [-0.2, -0.15) is 0 Å². The summed E-state index contributed by atoms with van der Waals surface area (Å²) in [7, 11) is 0. The molecule has 1 aliphatic heterocycles. The summed E-state index contributed by atoms with van der Waals surface area (Å²) in [6.07, 6.45) is 3.11. The monoisotopic (exact) mass is 212 g/mol. The van der Waals surface area contributed by atoms with Crippen LogP contribution < -0.4 is 5.32 Å². The predicted molar refractivity (Wildman–Crippen MR) is 62.8 cm³/mol. The molecular formula is C12H24N2O. The van der Waals surface area contributed by atoms with Crippen LogP contribution in [0.2, 0.25) is 0 Å². The average Bonchev–Trinajstić information content (AvgIpc) is 2.61. The minimum atomic E-state index is -0.306. The van der Waals surface area contributed by atoms with Crippen molar-refractivity contribution in [3.05, 3.63) is 0 Å². The molecule has 1 aliphatic rings. The third-order valence-electron chi connectivity index (χ3n) is 3.19. The maximum absolute atomic E-state index is 12.4. The van der Waals surface area contributed by atoms with Crippen LogP contribution in [0.5, 0.6) is 0 Å². The fraction of sp³-hybridized carbons (Fsp3) is 0.917. The first-order valence-corrected chi connectivity index (χ1v) is 6.07. The molecule has 0 aromatic carbocycles. The molecule has 1 unspecified atom stereocenters. The summed E-state index contributed by atoms with van der Waals surface area (Å²) < 4.78 is 0. The molecule has 1 rings (SSSR count). The van der Waals surface area contributed by atoms with E-state index in [1.165, 1.54) is 0 Å². The maximum Gasteiger partial charge on any atom is 0.242 e. The van der Waals surface area contributed by atoms with E-state index in [-0.39, 0.29) is 11.4 Å². The molecule has 1 N–H and O–H groups in total. The number of nitrogens with one attached hydrogen (secondary N) is 1. The number of carbonyl (C=O) groups is 1. The predicted octanol–water partition coefficient (Wildman–Crippen LogP) is 1.78. The van der Waals surface area contributed by atoms with Crippen LogP contribution >= 0.6 is 0 Å². The lowest BCUT2D eigenvalue weighted by Gasteiger charge is -2.34. The van der Waals surface area contributed by atoms with Gasteiger partial charge in [-0.1, -0.05) is 6.92 Å². The van der Waals surface area contributed by atoms with Crippen molar-refractivity contribution in [1.29, 1.82) is 0 Å². The van der Waals surface area contributed by atoms with Crippen LogP contribution in [0.4, 0.5) is 0 Å². The topological polar surface area (TPSA) is 32.3 Å². The van der Waals surface area contributed by atoms with Crippen LogP contribution in [0, 0.1) is 0 Å². The molecule has 1 atom stereocenters. The Hall–Kier alpha value is -0.570. The fourth-order valence-corrected chi connectivity index (χ4v) is 2.23. The van der Waals surface area contributed by atoms with Gasteiger partial charge in [-0.15, -0.1) is 0 Å². The Labute approximate surface area is 93.2 Å². The summed E-state index contributed by atoms with van der Waals surface area (Å²) in [5.74, 6) is 0.275. The van der Waals surface area contributed by atoms with Crippen molar-refractivity contribution >= 4 is 5.91 Å². The molecule has 15 heavy (non-hydrogen) atoms. The highest BCUT2D eigenvalue weighted by Gasteiger charge is 2.39. The van der Waals surface area contributed by atoms with Crippen molar-refractivity contribution in [2.45, 2.75) is 58.5 Å². The smallest absolute Gasteiger partial charge is 0.242 e. The summed E-state index contributed by atoms with van der Waals surface area (Å²) in [4.78, 5) is 14.4. The van der Waals surface area contributed by atoms with Gasteiger partial charge < -0.3 is 10.2 Å². The SMILES string of the molecule is CCCN(C(=O)C1(C)CCCN1)C(C)C. The zero-order valence-corrected chi connectivity index (χ0v) is 10.5. The highest BCUT2D eigenvalue weighted by molar-refractivity contribution is 5.86. The molecule has 3 heteroatoms. The van der Waals surface area contributed by atoms with Gasteiger partial charge >= 0.3 is 0 Å². The Morgan fingerprint density at radius 3 is 2.60 bits per heavy atom. The number of rotatable bonds is 4. The van der Waals surface area contributed by atoms with Gasteiger partial charge in [0.15, 0.2) is 0 Å². The first-order chi connectivity index (χ1) is 7.01. The number of amides is 1. The normalized spacial score (nSPS) is 25.9. The molecule has 0 aromatic rings. The van der Waals surface area contributed by atoms with Crippen LogP contribution in [-0.4, -0.2) is 35.5 Å². The van der Waals surface area contributed by atoms with E-state index in [0.29, 0.717) is 6.04 Å². The lowest BCUT2D eigenvalue weighted by molar-refractivity contribution is -0.139. The van der Waals surface area contributed by atoms with Gasteiger partial charge in [0.25, 0.3) is 0 Å². The van der Waals surface area contributed by atoms with Crippen molar-refractivity contribution in [3.63, 3.8) is 0 Å². The number of nitrogens with zero attached hydrogens (tertiary/aromatic N) is 1. The fourth-order valence-electron chi connectivity index (χ4n) is 2.23. The van der Waals surface area contributed by atoms with Gasteiger partial charge in [0.1, 0.15) is 0 Å². The van der Waals surface area contributed by atoms with E-state index in [9.17, 15) is 4.79 Å². The average molecular weight is 212 g/mol. The Bertz CT molecular complexity index is 220. The molecular weight excluding hydrogens is 188 g/mol. The van der Waals surface area contributed by atoms with Gasteiger partial charge in [0, 0.05) is 12.6 Å². The van der Waals surface area contributed by atoms with Crippen LogP contribution in [-0.2, 0) is 4.79 Å². The number of hydrogen-bond donors (Lipinski definition) is 1. The lowest BCUT2D eigenvalue weighted by Crippen LogP contribution is -2.54. The first kappa shape index (κ1) is 12.5. The quantitative estimate of drug-likeness (QED) is 0.770. The second-order valence-corrected chi connectivity index (χ2v) is 4.95. The molecule has 0 radical (unpaired) electrons. The molecule has 0 bridgehead atoms. The Morgan fingerprint density at radius 2 is 2.20 bits per heavy atom. The molecule has 3 nitrogen and oxygen atoms in total. The molecule has 1 saturated heterocycles. The van der Waals surface area contributed by atoms with E-state index >= 15 is 0 Å². The summed E-state index contributed by atoms with van der Waals surface area (Å²) in [6, 6.07) is 0.302. The summed E-state index contributed by atoms with van der Waals surface area (Å²) in [5.41, 5.74) is -0.306. The van der Waals surface area contributed by atoms with E-state index in [0.717, 1.165) is 32.4 Å². The largest absolute Gasteiger partial charge is 0.339 e. The molecule has 0 saturated carbocycles. The molecule has 0 aromatic heterocycles. The highest BCUT2D eigenvalue weighted by Crippen LogP contribution is 2.22. The summed E-state index contributed by atoms with van der Waals surface area (Å²) in [5, 5.41) is 3.34. The summed E-state index contributed by atoms with van der Waals surface area (Å²) >= 11 is 0. The second-order valence-electron chi connectivity index (χ2n) is 4.95. The third-order valence-corrected chi connectivity index (χ3v) is 3.19. The standard InChI is InChI=1S/C12H24N2O/c1-5-9-14(10(2)3)11(15)12(4)7-6-8-13-12/h10,13H,5-9H2,1-4H3. The zero-order valence-electron chi connectivity index (χ0n) is 10.5. The van der Waals surface area contributed by atoms with E-state index < -0.39 is 0 Å². The van der Waals surface area contributed by atoms with Crippen molar-refractivity contribution in [2.24, 2.45) is 0 Å². The van der Waals surface area contributed by atoms with Crippen LogP contribution in [0.25, 0.3) is 0 Å². The number of hydrogen-bond acceptors (Lipinski definition) is 2. The molecule has 1 fully saturated rings. The Morgan fingerprint density at radius 1 is 1.53 bits per heavy atom. The van der Waals surface area contributed by atoms with E-state index in [1.54, 1.807) is 0 Å². The maximum atomic E-state index is 12.4. The van der Waals surface area contributed by atoms with E-state index in [1.807, 2.05) is 11.8 Å². The van der Waals surface area contributed by atoms with Gasteiger partial charge in [-0.3, -0.25) is 4.79 Å². The van der Waals surface area contributed by atoms with Crippen molar-refractivity contribution in [1.82, 2.24) is 10.2 Å². The molecule has 1 amide bonds. The van der Waals surface area contributed by atoms with Crippen LogP contribution in [0.15, 0.2) is 0 Å². The Balaban J connectivity index is 2.70. The molecule has 0 aliphatic carbocycles. The molecule has 88 valence electrons. The third kappa shape index (κ3) is 2.71. The van der Waals surface area contributed by atoms with Gasteiger partial charge in [0.05, 0.1) is 5.54 Å². The van der Waals surface area contributed by atoms with Crippen molar-refractivity contribution in [2.75, 3.05) is 13.1 Å². The lowest BCUT2D eigenvalue weighted by atomic mass is 9.97. The summed E-state index contributed by atoms with van der Waals surface area (Å²) in [6.45, 7) is 10.2. The highest BCUT2D eigenvalue weighted by atomic mass is 16.2. The zero-order chi connectivity index (χ0) is 11.5.